The van der Waals surface area contributed by atoms with Gasteiger partial charge in [0.2, 0.25) is 0 Å². The van der Waals surface area contributed by atoms with Crippen LogP contribution in [0.3, 0.4) is 0 Å². The summed E-state index contributed by atoms with van der Waals surface area (Å²) in [6.07, 6.45) is 2.35. The number of ether oxygens (including phenoxy) is 1. The first kappa shape index (κ1) is 12.1. The van der Waals surface area contributed by atoms with Gasteiger partial charge in [-0.1, -0.05) is 0 Å². The zero-order valence-corrected chi connectivity index (χ0v) is 10.5. The summed E-state index contributed by atoms with van der Waals surface area (Å²) in [7, 11) is 0. The van der Waals surface area contributed by atoms with E-state index in [-0.39, 0.29) is 11.4 Å². The predicted molar refractivity (Wildman–Crippen MR) is 67.5 cm³/mol. The van der Waals surface area contributed by atoms with Crippen molar-refractivity contribution in [3.63, 3.8) is 0 Å². The SMILES string of the molecule is CC1(C)CCc2cc(C(=O)CCN)ccc2O1. The zero-order valence-electron chi connectivity index (χ0n) is 10.5. The quantitative estimate of drug-likeness (QED) is 0.815. The molecule has 1 aromatic rings. The van der Waals surface area contributed by atoms with E-state index in [2.05, 4.69) is 13.8 Å². The number of hydrogen-bond donors (Lipinski definition) is 1. The van der Waals surface area contributed by atoms with Crippen LogP contribution in [0.2, 0.25) is 0 Å². The molecule has 2 N–H and O–H groups in total. The van der Waals surface area contributed by atoms with Crippen LogP contribution in [0, 0.1) is 0 Å². The number of benzene rings is 1. The topological polar surface area (TPSA) is 52.3 Å². The van der Waals surface area contributed by atoms with Crippen LogP contribution in [0.15, 0.2) is 18.2 Å². The molecule has 0 aliphatic carbocycles. The molecule has 0 saturated heterocycles. The first-order chi connectivity index (χ1) is 8.02. The minimum atomic E-state index is -0.101. The van der Waals surface area contributed by atoms with Crippen molar-refractivity contribution >= 4 is 5.78 Å². The number of nitrogens with two attached hydrogens (primary N) is 1. The van der Waals surface area contributed by atoms with Gasteiger partial charge in [0.25, 0.3) is 0 Å². The van der Waals surface area contributed by atoms with Crippen LogP contribution in [-0.4, -0.2) is 17.9 Å². The van der Waals surface area contributed by atoms with Crippen molar-refractivity contribution in [2.45, 2.75) is 38.7 Å². The lowest BCUT2D eigenvalue weighted by atomic mass is 9.92. The molecule has 0 fully saturated rings. The first-order valence-corrected chi connectivity index (χ1v) is 6.07. The lowest BCUT2D eigenvalue weighted by Crippen LogP contribution is -2.32. The van der Waals surface area contributed by atoms with Crippen molar-refractivity contribution in [3.8, 4) is 5.75 Å². The fraction of sp³-hybridized carbons (Fsp3) is 0.500. The molecule has 1 aliphatic heterocycles. The second-order valence-electron chi connectivity index (χ2n) is 5.15. The third kappa shape index (κ3) is 2.67. The smallest absolute Gasteiger partial charge is 0.164 e. The Hall–Kier alpha value is -1.35. The molecule has 0 radical (unpaired) electrons. The molecule has 3 heteroatoms. The van der Waals surface area contributed by atoms with Gasteiger partial charge in [-0.3, -0.25) is 4.79 Å². The van der Waals surface area contributed by atoms with E-state index >= 15 is 0 Å². The molecule has 0 bridgehead atoms. The Kier molecular flexibility index (Phi) is 3.20. The van der Waals surface area contributed by atoms with Crippen LogP contribution < -0.4 is 10.5 Å². The summed E-state index contributed by atoms with van der Waals surface area (Å²) in [5, 5.41) is 0. The van der Waals surface area contributed by atoms with Crippen molar-refractivity contribution < 1.29 is 9.53 Å². The van der Waals surface area contributed by atoms with Crippen molar-refractivity contribution in [2.75, 3.05) is 6.54 Å². The van der Waals surface area contributed by atoms with Gasteiger partial charge in [-0.05, 0) is 57.0 Å². The van der Waals surface area contributed by atoms with E-state index in [0.717, 1.165) is 29.7 Å². The maximum absolute atomic E-state index is 11.7. The molecule has 1 aromatic carbocycles. The van der Waals surface area contributed by atoms with Crippen LogP contribution in [0.1, 0.15) is 42.6 Å². The van der Waals surface area contributed by atoms with Crippen LogP contribution in [0.25, 0.3) is 0 Å². The van der Waals surface area contributed by atoms with Gasteiger partial charge in [0.05, 0.1) is 0 Å². The largest absolute Gasteiger partial charge is 0.488 e. The summed E-state index contributed by atoms with van der Waals surface area (Å²) in [4.78, 5) is 11.7. The molecule has 0 amide bonds. The Morgan fingerprint density at radius 2 is 2.24 bits per heavy atom. The van der Waals surface area contributed by atoms with Crippen LogP contribution in [0.5, 0.6) is 5.75 Å². The summed E-state index contributed by atoms with van der Waals surface area (Å²) in [6.45, 7) is 4.58. The standard InChI is InChI=1S/C14H19NO2/c1-14(2)7-5-11-9-10(12(16)6-8-15)3-4-13(11)17-14/h3-4,9H,5-8,15H2,1-2H3. The molecule has 1 aliphatic rings. The van der Waals surface area contributed by atoms with Gasteiger partial charge in [0.1, 0.15) is 11.4 Å². The summed E-state index contributed by atoms with van der Waals surface area (Å²) in [5.41, 5.74) is 7.17. The lowest BCUT2D eigenvalue weighted by molar-refractivity contribution is 0.0846. The second-order valence-corrected chi connectivity index (χ2v) is 5.15. The van der Waals surface area contributed by atoms with Gasteiger partial charge < -0.3 is 10.5 Å². The van der Waals surface area contributed by atoms with E-state index in [1.165, 1.54) is 0 Å². The third-order valence-electron chi connectivity index (χ3n) is 3.14. The average Bonchev–Trinajstić information content (AvgIpc) is 2.27. The third-order valence-corrected chi connectivity index (χ3v) is 3.14. The number of hydrogen-bond acceptors (Lipinski definition) is 3. The molecule has 92 valence electrons. The van der Waals surface area contributed by atoms with Gasteiger partial charge in [0, 0.05) is 12.0 Å². The van der Waals surface area contributed by atoms with E-state index in [4.69, 9.17) is 10.5 Å². The monoisotopic (exact) mass is 233 g/mol. The van der Waals surface area contributed by atoms with Crippen molar-refractivity contribution in [3.05, 3.63) is 29.3 Å². The van der Waals surface area contributed by atoms with E-state index < -0.39 is 0 Å². The fourth-order valence-corrected chi connectivity index (χ4v) is 2.11. The summed E-state index contributed by atoms with van der Waals surface area (Å²) < 4.78 is 5.88. The minimum Gasteiger partial charge on any atom is -0.488 e. The molecule has 0 unspecified atom stereocenters. The highest BCUT2D eigenvalue weighted by atomic mass is 16.5. The van der Waals surface area contributed by atoms with Gasteiger partial charge >= 0.3 is 0 Å². The molecule has 0 spiro atoms. The number of fused-ring (bicyclic) bond motifs is 1. The Balaban J connectivity index is 2.24. The second kappa shape index (κ2) is 4.49. The Bertz CT molecular complexity index is 438. The minimum absolute atomic E-state index is 0.101. The zero-order chi connectivity index (χ0) is 12.5. The molecule has 0 saturated carbocycles. The van der Waals surface area contributed by atoms with Crippen LogP contribution in [-0.2, 0) is 6.42 Å². The number of carbonyl (C=O) groups excluding carboxylic acids is 1. The van der Waals surface area contributed by atoms with Crippen molar-refractivity contribution in [2.24, 2.45) is 5.73 Å². The number of ketones is 1. The molecule has 0 atom stereocenters. The molecule has 1 heterocycles. The van der Waals surface area contributed by atoms with E-state index in [0.29, 0.717) is 13.0 Å². The summed E-state index contributed by atoms with van der Waals surface area (Å²) in [6, 6.07) is 5.68. The number of Topliss-reactive ketones (excluding diaryl/α,β-unsaturated/α-hetero) is 1. The number of carbonyl (C=O) groups is 1. The molecule has 0 aromatic heterocycles. The Morgan fingerprint density at radius 3 is 2.94 bits per heavy atom. The molecular weight excluding hydrogens is 214 g/mol. The maximum atomic E-state index is 11.7. The summed E-state index contributed by atoms with van der Waals surface area (Å²) in [5.74, 6) is 1.02. The van der Waals surface area contributed by atoms with E-state index in [9.17, 15) is 4.79 Å². The Morgan fingerprint density at radius 1 is 1.47 bits per heavy atom. The highest BCUT2D eigenvalue weighted by molar-refractivity contribution is 5.96. The highest BCUT2D eigenvalue weighted by Gasteiger charge is 2.26. The van der Waals surface area contributed by atoms with Crippen molar-refractivity contribution in [1.29, 1.82) is 0 Å². The molecule has 3 nitrogen and oxygen atoms in total. The number of rotatable bonds is 3. The molecule has 17 heavy (non-hydrogen) atoms. The maximum Gasteiger partial charge on any atom is 0.164 e. The lowest BCUT2D eigenvalue weighted by Gasteiger charge is -2.32. The predicted octanol–water partition coefficient (Wildman–Crippen LogP) is 2.32. The fourth-order valence-electron chi connectivity index (χ4n) is 2.11. The molecular formula is C14H19NO2. The average molecular weight is 233 g/mol. The Labute approximate surface area is 102 Å². The normalized spacial score (nSPS) is 17.1. The highest BCUT2D eigenvalue weighted by Crippen LogP contribution is 2.33. The van der Waals surface area contributed by atoms with Gasteiger partial charge in [-0.2, -0.15) is 0 Å². The van der Waals surface area contributed by atoms with Gasteiger partial charge in [0.15, 0.2) is 5.78 Å². The van der Waals surface area contributed by atoms with Crippen molar-refractivity contribution in [1.82, 2.24) is 0 Å². The first-order valence-electron chi connectivity index (χ1n) is 6.07. The van der Waals surface area contributed by atoms with Gasteiger partial charge in [-0.25, -0.2) is 0 Å². The summed E-state index contributed by atoms with van der Waals surface area (Å²) >= 11 is 0. The number of aryl methyl sites for hydroxylation is 1. The van der Waals surface area contributed by atoms with Crippen LogP contribution in [0.4, 0.5) is 0 Å². The van der Waals surface area contributed by atoms with Crippen LogP contribution >= 0.6 is 0 Å². The van der Waals surface area contributed by atoms with Gasteiger partial charge in [-0.15, -0.1) is 0 Å². The molecule has 2 rings (SSSR count). The van der Waals surface area contributed by atoms with E-state index in [1.54, 1.807) is 0 Å². The van der Waals surface area contributed by atoms with E-state index in [1.807, 2.05) is 18.2 Å².